The molecule has 19 heavy (non-hydrogen) atoms. The third-order valence-corrected chi connectivity index (χ3v) is 2.46. The molecule has 0 amide bonds. The first-order valence-corrected chi connectivity index (χ1v) is 6.12. The highest BCUT2D eigenvalue weighted by molar-refractivity contribution is 5.59. The number of aromatic nitrogens is 1. The van der Waals surface area contributed by atoms with Crippen LogP contribution in [0, 0.1) is 0 Å². The lowest BCUT2D eigenvalue weighted by Gasteiger charge is -2.11. The molecule has 2 rings (SSSR count). The maximum atomic E-state index is 5.67. The largest absolute Gasteiger partial charge is 0.490 e. The number of nitrogen functional groups attached to an aromatic ring is 2. The zero-order valence-electron chi connectivity index (χ0n) is 10.8. The van der Waals surface area contributed by atoms with Gasteiger partial charge in [-0.05, 0) is 24.6 Å². The molecule has 0 aliphatic carbocycles. The zero-order chi connectivity index (χ0) is 13.7. The number of nitrogens with zero attached hydrogens (tertiary/aromatic N) is 1. The van der Waals surface area contributed by atoms with Crippen LogP contribution in [0.1, 0.15) is 13.3 Å². The van der Waals surface area contributed by atoms with Crippen LogP contribution >= 0.6 is 0 Å². The number of ether oxygens (including phenoxy) is 2. The molecular weight excluding hydrogens is 242 g/mol. The van der Waals surface area contributed by atoms with Gasteiger partial charge in [0.25, 0.3) is 0 Å². The van der Waals surface area contributed by atoms with E-state index in [1.807, 2.05) is 31.2 Å². The number of anilines is 2. The second kappa shape index (κ2) is 5.95. The van der Waals surface area contributed by atoms with Crippen LogP contribution in [0.5, 0.6) is 17.4 Å². The van der Waals surface area contributed by atoms with Gasteiger partial charge >= 0.3 is 0 Å². The van der Waals surface area contributed by atoms with E-state index in [1.165, 1.54) is 0 Å². The maximum absolute atomic E-state index is 5.67. The number of hydrogen-bond acceptors (Lipinski definition) is 5. The first kappa shape index (κ1) is 13.0. The summed E-state index contributed by atoms with van der Waals surface area (Å²) < 4.78 is 11.3. The average molecular weight is 259 g/mol. The van der Waals surface area contributed by atoms with Gasteiger partial charge in [-0.1, -0.05) is 19.1 Å². The van der Waals surface area contributed by atoms with Crippen molar-refractivity contribution in [3.8, 4) is 17.4 Å². The van der Waals surface area contributed by atoms with Crippen molar-refractivity contribution in [1.82, 2.24) is 4.98 Å². The van der Waals surface area contributed by atoms with E-state index in [1.54, 1.807) is 12.1 Å². The second-order valence-electron chi connectivity index (χ2n) is 4.02. The normalized spacial score (nSPS) is 10.2. The quantitative estimate of drug-likeness (QED) is 0.862. The molecule has 0 atom stereocenters. The molecule has 0 spiro atoms. The minimum Gasteiger partial charge on any atom is -0.490 e. The molecule has 5 nitrogen and oxygen atoms in total. The van der Waals surface area contributed by atoms with E-state index in [0.29, 0.717) is 29.7 Å². The number of benzene rings is 1. The fourth-order valence-electron chi connectivity index (χ4n) is 1.50. The molecule has 4 N–H and O–H groups in total. The van der Waals surface area contributed by atoms with E-state index in [4.69, 9.17) is 20.9 Å². The molecular formula is C14H17N3O2. The predicted octanol–water partition coefficient (Wildman–Crippen LogP) is 2.83. The van der Waals surface area contributed by atoms with Crippen molar-refractivity contribution in [1.29, 1.82) is 0 Å². The molecule has 2 aromatic rings. The summed E-state index contributed by atoms with van der Waals surface area (Å²) in [4.78, 5) is 4.06. The molecule has 5 heteroatoms. The molecule has 1 heterocycles. The first-order chi connectivity index (χ1) is 9.20. The van der Waals surface area contributed by atoms with Crippen LogP contribution in [-0.2, 0) is 0 Å². The van der Waals surface area contributed by atoms with Gasteiger partial charge in [-0.25, -0.2) is 0 Å². The summed E-state index contributed by atoms with van der Waals surface area (Å²) in [5.41, 5.74) is 11.7. The molecule has 0 aliphatic heterocycles. The third kappa shape index (κ3) is 3.28. The van der Waals surface area contributed by atoms with Crippen molar-refractivity contribution < 1.29 is 9.47 Å². The van der Waals surface area contributed by atoms with Crippen molar-refractivity contribution in [3.05, 3.63) is 36.4 Å². The van der Waals surface area contributed by atoms with Gasteiger partial charge in [0.15, 0.2) is 17.3 Å². The lowest BCUT2D eigenvalue weighted by atomic mass is 10.3. The molecule has 0 radical (unpaired) electrons. The number of pyridine rings is 1. The monoisotopic (exact) mass is 259 g/mol. The molecule has 0 aliphatic rings. The Labute approximate surface area is 112 Å². The summed E-state index contributed by atoms with van der Waals surface area (Å²) >= 11 is 0. The van der Waals surface area contributed by atoms with Gasteiger partial charge in [-0.15, -0.1) is 0 Å². The fraction of sp³-hybridized carbons (Fsp3) is 0.214. The zero-order valence-corrected chi connectivity index (χ0v) is 10.8. The minimum atomic E-state index is 0.254. The Kier molecular flexibility index (Phi) is 4.07. The van der Waals surface area contributed by atoms with E-state index in [9.17, 15) is 0 Å². The SMILES string of the molecule is CCCOc1ccccc1Oc1ccc(N)c(N)n1. The van der Waals surface area contributed by atoms with E-state index < -0.39 is 0 Å². The Morgan fingerprint density at radius 3 is 2.47 bits per heavy atom. The lowest BCUT2D eigenvalue weighted by molar-refractivity contribution is 0.301. The Morgan fingerprint density at radius 1 is 1.05 bits per heavy atom. The van der Waals surface area contributed by atoms with Crippen LogP contribution in [-0.4, -0.2) is 11.6 Å². The predicted molar refractivity (Wildman–Crippen MR) is 75.4 cm³/mol. The van der Waals surface area contributed by atoms with Crippen molar-refractivity contribution in [3.63, 3.8) is 0 Å². The number of rotatable bonds is 5. The van der Waals surface area contributed by atoms with Gasteiger partial charge in [-0.2, -0.15) is 4.98 Å². The Bertz CT molecular complexity index is 558. The molecule has 0 bridgehead atoms. The molecule has 0 saturated carbocycles. The van der Waals surface area contributed by atoms with E-state index in [-0.39, 0.29) is 5.82 Å². The highest BCUT2D eigenvalue weighted by Crippen LogP contribution is 2.31. The van der Waals surface area contributed by atoms with Gasteiger partial charge in [0.2, 0.25) is 5.88 Å². The summed E-state index contributed by atoms with van der Waals surface area (Å²) in [5, 5.41) is 0. The van der Waals surface area contributed by atoms with Crippen LogP contribution in [0.4, 0.5) is 11.5 Å². The fourth-order valence-corrected chi connectivity index (χ4v) is 1.50. The molecule has 0 fully saturated rings. The first-order valence-electron chi connectivity index (χ1n) is 6.12. The average Bonchev–Trinajstić information content (AvgIpc) is 2.42. The highest BCUT2D eigenvalue weighted by atomic mass is 16.5. The Morgan fingerprint density at radius 2 is 1.79 bits per heavy atom. The minimum absolute atomic E-state index is 0.254. The van der Waals surface area contributed by atoms with Crippen LogP contribution in [0.15, 0.2) is 36.4 Å². The number of para-hydroxylation sites is 2. The van der Waals surface area contributed by atoms with Crippen molar-refractivity contribution >= 4 is 11.5 Å². The Hall–Kier alpha value is -2.43. The number of hydrogen-bond donors (Lipinski definition) is 2. The van der Waals surface area contributed by atoms with Gasteiger partial charge in [-0.3, -0.25) is 0 Å². The lowest BCUT2D eigenvalue weighted by Crippen LogP contribution is -2.00. The molecule has 0 unspecified atom stereocenters. The summed E-state index contributed by atoms with van der Waals surface area (Å²) in [6.07, 6.45) is 0.932. The van der Waals surface area contributed by atoms with Gasteiger partial charge in [0.05, 0.1) is 12.3 Å². The smallest absolute Gasteiger partial charge is 0.221 e. The molecule has 1 aromatic heterocycles. The third-order valence-electron chi connectivity index (χ3n) is 2.46. The topological polar surface area (TPSA) is 83.4 Å². The maximum Gasteiger partial charge on any atom is 0.221 e. The second-order valence-corrected chi connectivity index (χ2v) is 4.02. The number of nitrogens with two attached hydrogens (primary N) is 2. The molecule has 1 aromatic carbocycles. The van der Waals surface area contributed by atoms with Crippen LogP contribution in [0.3, 0.4) is 0 Å². The van der Waals surface area contributed by atoms with Crippen molar-refractivity contribution in [2.45, 2.75) is 13.3 Å². The summed E-state index contributed by atoms with van der Waals surface area (Å²) in [7, 11) is 0. The van der Waals surface area contributed by atoms with E-state index >= 15 is 0 Å². The highest BCUT2D eigenvalue weighted by Gasteiger charge is 2.07. The Balaban J connectivity index is 2.20. The van der Waals surface area contributed by atoms with Crippen molar-refractivity contribution in [2.24, 2.45) is 0 Å². The van der Waals surface area contributed by atoms with Gasteiger partial charge < -0.3 is 20.9 Å². The van der Waals surface area contributed by atoms with Gasteiger partial charge in [0, 0.05) is 6.07 Å². The van der Waals surface area contributed by atoms with E-state index in [0.717, 1.165) is 6.42 Å². The summed E-state index contributed by atoms with van der Waals surface area (Å²) in [5.74, 6) is 1.93. The standard InChI is InChI=1S/C14H17N3O2/c1-2-9-18-11-5-3-4-6-12(11)19-13-8-7-10(15)14(16)17-13/h3-8H,2,9,15H2,1H3,(H2,16,17). The molecule has 100 valence electrons. The summed E-state index contributed by atoms with van der Waals surface area (Å²) in [6.45, 7) is 2.68. The van der Waals surface area contributed by atoms with Crippen LogP contribution < -0.4 is 20.9 Å². The van der Waals surface area contributed by atoms with Crippen LogP contribution in [0.25, 0.3) is 0 Å². The van der Waals surface area contributed by atoms with Crippen molar-refractivity contribution in [2.75, 3.05) is 18.1 Å². The van der Waals surface area contributed by atoms with Gasteiger partial charge in [0.1, 0.15) is 0 Å². The van der Waals surface area contributed by atoms with Crippen LogP contribution in [0.2, 0.25) is 0 Å². The molecule has 0 saturated heterocycles. The van der Waals surface area contributed by atoms with E-state index in [2.05, 4.69) is 4.98 Å². The summed E-state index contributed by atoms with van der Waals surface area (Å²) in [6, 6.07) is 10.8.